The molecule has 5 rings (SSSR count). The van der Waals surface area contributed by atoms with Gasteiger partial charge < -0.3 is 4.90 Å². The van der Waals surface area contributed by atoms with Gasteiger partial charge in [0.25, 0.3) is 11.9 Å². The van der Waals surface area contributed by atoms with Gasteiger partial charge in [-0.25, -0.2) is 4.39 Å². The highest BCUT2D eigenvalue weighted by atomic mass is 19.4. The van der Waals surface area contributed by atoms with Crippen molar-refractivity contribution in [3.05, 3.63) is 148 Å². The molecule has 45 heavy (non-hydrogen) atoms. The van der Waals surface area contributed by atoms with E-state index in [0.29, 0.717) is 17.2 Å². The number of rotatable bonds is 10. The third-order valence-electron chi connectivity index (χ3n) is 6.94. The lowest BCUT2D eigenvalue weighted by atomic mass is 9.90. The summed E-state index contributed by atoms with van der Waals surface area (Å²) in [6, 6.07) is 27.9. The Hall–Kier alpha value is -5.65. The zero-order chi connectivity index (χ0) is 31.8. The number of alkyl halides is 3. The lowest BCUT2D eigenvalue weighted by molar-refractivity contribution is -0.137. The topological polar surface area (TPSA) is 104 Å². The third-order valence-corrected chi connectivity index (χ3v) is 6.94. The first-order valence-corrected chi connectivity index (χ1v) is 13.7. The molecule has 8 nitrogen and oxygen atoms in total. The van der Waals surface area contributed by atoms with Gasteiger partial charge in [-0.15, -0.1) is 5.10 Å². The summed E-state index contributed by atoms with van der Waals surface area (Å²) in [5.41, 5.74) is 1.67. The third kappa shape index (κ3) is 8.25. The molecule has 1 aromatic heterocycles. The Bertz CT molecular complexity index is 1720. The van der Waals surface area contributed by atoms with E-state index < -0.39 is 29.4 Å². The molecular formula is C33H26F4N6O2. The van der Waals surface area contributed by atoms with Gasteiger partial charge in [0.15, 0.2) is 0 Å². The van der Waals surface area contributed by atoms with Gasteiger partial charge >= 0.3 is 6.18 Å². The molecule has 0 bridgehead atoms. The second kappa shape index (κ2) is 13.8. The molecule has 4 aromatic carbocycles. The molecular weight excluding hydrogens is 588 g/mol. The van der Waals surface area contributed by atoms with Crippen LogP contribution in [0, 0.1) is 5.82 Å². The van der Waals surface area contributed by atoms with Gasteiger partial charge in [-0.2, -0.15) is 18.4 Å². The SMILES string of the molecule is O=C(Nc1nn[nH]n1)c1ccc(CN(CC(c2ccccc2)c2ccccc2)C(=O)C=Cc2cc(F)cc(C(F)(F)F)c2)cc1. The van der Waals surface area contributed by atoms with E-state index in [9.17, 15) is 27.2 Å². The number of anilines is 1. The lowest BCUT2D eigenvalue weighted by Gasteiger charge is -2.28. The normalized spacial score (nSPS) is 11.6. The van der Waals surface area contributed by atoms with E-state index in [4.69, 9.17) is 0 Å². The van der Waals surface area contributed by atoms with Crippen molar-refractivity contribution in [1.29, 1.82) is 0 Å². The van der Waals surface area contributed by atoms with Gasteiger partial charge in [-0.1, -0.05) is 77.9 Å². The van der Waals surface area contributed by atoms with Gasteiger partial charge in [-0.05, 0) is 63.9 Å². The highest BCUT2D eigenvalue weighted by molar-refractivity contribution is 6.03. The molecule has 0 atom stereocenters. The van der Waals surface area contributed by atoms with Crippen LogP contribution in [0.2, 0.25) is 0 Å². The van der Waals surface area contributed by atoms with Crippen LogP contribution in [0.5, 0.6) is 0 Å². The fourth-order valence-electron chi connectivity index (χ4n) is 4.74. The van der Waals surface area contributed by atoms with Gasteiger partial charge in [0.1, 0.15) is 5.82 Å². The molecule has 12 heteroatoms. The molecule has 2 N–H and O–H groups in total. The summed E-state index contributed by atoms with van der Waals surface area (Å²) in [4.78, 5) is 27.8. The summed E-state index contributed by atoms with van der Waals surface area (Å²) in [5, 5.41) is 15.5. The summed E-state index contributed by atoms with van der Waals surface area (Å²) in [6.45, 7) is 0.331. The average molecular weight is 615 g/mol. The number of hydrogen-bond acceptors (Lipinski definition) is 5. The molecule has 5 aromatic rings. The van der Waals surface area contributed by atoms with Crippen LogP contribution < -0.4 is 5.32 Å². The number of aromatic amines is 1. The first-order valence-electron chi connectivity index (χ1n) is 13.7. The number of amides is 2. The minimum absolute atomic E-state index is 0.0150. The Morgan fingerprint density at radius 1 is 0.889 bits per heavy atom. The molecule has 2 amide bonds. The van der Waals surface area contributed by atoms with Crippen molar-refractivity contribution in [2.75, 3.05) is 11.9 Å². The summed E-state index contributed by atoms with van der Waals surface area (Å²) in [5.74, 6) is -2.24. The Balaban J connectivity index is 1.43. The number of hydrogen-bond donors (Lipinski definition) is 2. The van der Waals surface area contributed by atoms with Crippen LogP contribution in [0.15, 0.2) is 109 Å². The first kappa shape index (κ1) is 30.8. The predicted molar refractivity (Wildman–Crippen MR) is 159 cm³/mol. The first-order chi connectivity index (χ1) is 21.7. The van der Waals surface area contributed by atoms with E-state index in [1.165, 1.54) is 6.08 Å². The van der Waals surface area contributed by atoms with Crippen molar-refractivity contribution in [2.24, 2.45) is 0 Å². The van der Waals surface area contributed by atoms with E-state index >= 15 is 0 Å². The quantitative estimate of drug-likeness (QED) is 0.138. The highest BCUT2D eigenvalue weighted by Gasteiger charge is 2.31. The van der Waals surface area contributed by atoms with Gasteiger partial charge in [-0.3, -0.25) is 14.9 Å². The van der Waals surface area contributed by atoms with E-state index in [0.717, 1.165) is 29.3 Å². The smallest absolute Gasteiger partial charge is 0.334 e. The van der Waals surface area contributed by atoms with Crippen LogP contribution in [-0.2, 0) is 17.5 Å². The van der Waals surface area contributed by atoms with Crippen LogP contribution in [0.25, 0.3) is 6.08 Å². The standard InChI is InChI=1S/C33H26F4N6O2/c34-28-18-23(17-27(19-28)33(35,36)37)13-16-30(44)43(21-29(24-7-3-1-4-8-24)25-9-5-2-6-10-25)20-22-11-14-26(15-12-22)31(45)38-32-39-41-42-40-32/h1-19,29H,20-21H2,(H2,38,39,40,41,42,45). The molecule has 0 spiro atoms. The molecule has 0 saturated carbocycles. The maximum absolute atomic E-state index is 14.0. The summed E-state index contributed by atoms with van der Waals surface area (Å²) in [7, 11) is 0. The molecule has 0 unspecified atom stereocenters. The number of aromatic nitrogens is 4. The number of nitrogens with zero attached hydrogens (tertiary/aromatic N) is 4. The van der Waals surface area contributed by atoms with Crippen LogP contribution in [0.1, 0.15) is 44.1 Å². The van der Waals surface area contributed by atoms with Crippen LogP contribution in [0.3, 0.4) is 0 Å². The largest absolute Gasteiger partial charge is 0.416 e. The van der Waals surface area contributed by atoms with Crippen molar-refractivity contribution in [3.8, 4) is 0 Å². The van der Waals surface area contributed by atoms with Crippen molar-refractivity contribution in [1.82, 2.24) is 25.5 Å². The maximum Gasteiger partial charge on any atom is 0.416 e. The van der Waals surface area contributed by atoms with E-state index in [1.807, 2.05) is 60.7 Å². The van der Waals surface area contributed by atoms with Crippen LogP contribution in [0.4, 0.5) is 23.5 Å². The van der Waals surface area contributed by atoms with Crippen molar-refractivity contribution >= 4 is 23.8 Å². The number of nitrogens with one attached hydrogen (secondary N) is 2. The fourth-order valence-corrected chi connectivity index (χ4v) is 4.74. The average Bonchev–Trinajstić information content (AvgIpc) is 3.55. The van der Waals surface area contributed by atoms with E-state index in [2.05, 4.69) is 25.9 Å². The van der Waals surface area contributed by atoms with Crippen molar-refractivity contribution in [2.45, 2.75) is 18.6 Å². The Morgan fingerprint density at radius 3 is 2.11 bits per heavy atom. The fraction of sp³-hybridized carbons (Fsp3) is 0.121. The second-order valence-electron chi connectivity index (χ2n) is 10.1. The van der Waals surface area contributed by atoms with Crippen LogP contribution >= 0.6 is 0 Å². The molecule has 228 valence electrons. The Morgan fingerprint density at radius 2 is 1.53 bits per heavy atom. The number of carbonyl (C=O) groups is 2. The number of carbonyl (C=O) groups excluding carboxylic acids is 2. The zero-order valence-electron chi connectivity index (χ0n) is 23.6. The highest BCUT2D eigenvalue weighted by Crippen LogP contribution is 2.31. The summed E-state index contributed by atoms with van der Waals surface area (Å²) < 4.78 is 53.8. The van der Waals surface area contributed by atoms with E-state index in [1.54, 1.807) is 29.2 Å². The predicted octanol–water partition coefficient (Wildman–Crippen LogP) is 6.48. The summed E-state index contributed by atoms with van der Waals surface area (Å²) in [6.07, 6.45) is -2.44. The summed E-state index contributed by atoms with van der Waals surface area (Å²) >= 11 is 0. The van der Waals surface area contributed by atoms with Crippen LogP contribution in [-0.4, -0.2) is 43.9 Å². The van der Waals surface area contributed by atoms with Crippen molar-refractivity contribution in [3.63, 3.8) is 0 Å². The number of H-pyrrole nitrogens is 1. The molecule has 0 saturated heterocycles. The van der Waals surface area contributed by atoms with Gasteiger partial charge in [0.2, 0.25) is 5.91 Å². The molecule has 0 radical (unpaired) electrons. The number of halogens is 4. The minimum Gasteiger partial charge on any atom is -0.334 e. The number of tetrazole rings is 1. The van der Waals surface area contributed by atoms with Crippen molar-refractivity contribution < 1.29 is 27.2 Å². The monoisotopic (exact) mass is 614 g/mol. The van der Waals surface area contributed by atoms with Gasteiger partial charge in [0.05, 0.1) is 5.56 Å². The minimum atomic E-state index is -4.74. The maximum atomic E-state index is 14.0. The molecule has 1 heterocycles. The van der Waals surface area contributed by atoms with E-state index in [-0.39, 0.29) is 30.5 Å². The molecule has 0 aliphatic heterocycles. The number of benzene rings is 4. The zero-order valence-corrected chi connectivity index (χ0v) is 23.6. The lowest BCUT2D eigenvalue weighted by Crippen LogP contribution is -2.33. The Labute approximate surface area is 255 Å². The molecule has 0 fully saturated rings. The molecule has 0 aliphatic rings. The second-order valence-corrected chi connectivity index (χ2v) is 10.1. The Kier molecular flexibility index (Phi) is 9.42. The molecule has 0 aliphatic carbocycles. The van der Waals surface area contributed by atoms with Gasteiger partial charge in [0, 0.05) is 30.6 Å².